The Morgan fingerprint density at radius 3 is 2.61 bits per heavy atom. The quantitative estimate of drug-likeness (QED) is 0.672. The molecule has 116 valence electrons. The number of pyridine rings is 1. The Hall–Kier alpha value is -3.22. The Labute approximate surface area is 132 Å². The molecule has 0 N–H and O–H groups in total. The Balaban J connectivity index is 2.18. The van der Waals surface area contributed by atoms with Crippen LogP contribution in [0.4, 0.5) is 0 Å². The van der Waals surface area contributed by atoms with Gasteiger partial charge in [0.25, 0.3) is 0 Å². The third-order valence-electron chi connectivity index (χ3n) is 3.35. The van der Waals surface area contributed by atoms with E-state index in [1.54, 1.807) is 49.5 Å². The third kappa shape index (κ3) is 2.64. The second-order valence-corrected chi connectivity index (χ2v) is 4.63. The number of hydrogen-bond donors (Lipinski definition) is 0. The highest BCUT2D eigenvalue weighted by molar-refractivity contribution is 5.83. The van der Waals surface area contributed by atoms with Crippen molar-refractivity contribution in [2.45, 2.75) is 0 Å². The summed E-state index contributed by atoms with van der Waals surface area (Å²) >= 11 is 0. The van der Waals surface area contributed by atoms with Crippen LogP contribution in [-0.2, 0) is 0 Å². The fourth-order valence-electron chi connectivity index (χ4n) is 2.28. The molecule has 0 unspecified atom stereocenters. The van der Waals surface area contributed by atoms with E-state index in [1.165, 1.54) is 0 Å². The van der Waals surface area contributed by atoms with Crippen LogP contribution in [0.1, 0.15) is 10.5 Å². The van der Waals surface area contributed by atoms with Crippen molar-refractivity contribution in [1.29, 1.82) is 0 Å². The van der Waals surface area contributed by atoms with Gasteiger partial charge in [-0.2, -0.15) is 0 Å². The van der Waals surface area contributed by atoms with Gasteiger partial charge in [-0.15, -0.1) is 5.10 Å². The molecule has 23 heavy (non-hydrogen) atoms. The number of aromatic nitrogens is 4. The normalized spacial score (nSPS) is 10.3. The standard InChI is InChI=1S/C16H14N4O3/c1-22-14-6-5-12(8-15(14)23-2)20-16(13(10-21)18-19-20)11-4-3-7-17-9-11/h3-10H,1-2H3. The second kappa shape index (κ2) is 6.27. The van der Waals surface area contributed by atoms with Gasteiger partial charge in [-0.1, -0.05) is 5.21 Å². The van der Waals surface area contributed by atoms with Crippen LogP contribution in [0.25, 0.3) is 16.9 Å². The van der Waals surface area contributed by atoms with E-state index in [0.29, 0.717) is 29.2 Å². The van der Waals surface area contributed by atoms with Gasteiger partial charge in [-0.05, 0) is 24.3 Å². The maximum Gasteiger partial charge on any atom is 0.172 e. The monoisotopic (exact) mass is 310 g/mol. The van der Waals surface area contributed by atoms with E-state index in [1.807, 2.05) is 12.1 Å². The molecule has 0 fully saturated rings. The average Bonchev–Trinajstić information content (AvgIpc) is 3.05. The van der Waals surface area contributed by atoms with Crippen molar-refractivity contribution in [1.82, 2.24) is 20.0 Å². The summed E-state index contributed by atoms with van der Waals surface area (Å²) in [5.41, 5.74) is 2.25. The van der Waals surface area contributed by atoms with Crippen molar-refractivity contribution in [3.63, 3.8) is 0 Å². The molecule has 0 radical (unpaired) electrons. The smallest absolute Gasteiger partial charge is 0.172 e. The van der Waals surface area contributed by atoms with E-state index in [9.17, 15) is 4.79 Å². The molecule has 0 amide bonds. The van der Waals surface area contributed by atoms with Crippen LogP contribution >= 0.6 is 0 Å². The zero-order valence-electron chi connectivity index (χ0n) is 12.6. The van der Waals surface area contributed by atoms with Crippen molar-refractivity contribution in [2.75, 3.05) is 14.2 Å². The number of benzene rings is 1. The van der Waals surface area contributed by atoms with Gasteiger partial charge in [-0.25, -0.2) is 4.68 Å². The molecule has 0 atom stereocenters. The van der Waals surface area contributed by atoms with Crippen molar-refractivity contribution >= 4 is 6.29 Å². The lowest BCUT2D eigenvalue weighted by Gasteiger charge is -2.11. The van der Waals surface area contributed by atoms with Crippen LogP contribution in [-0.4, -0.2) is 40.5 Å². The number of aldehydes is 1. The third-order valence-corrected chi connectivity index (χ3v) is 3.35. The minimum absolute atomic E-state index is 0.243. The Morgan fingerprint density at radius 2 is 1.96 bits per heavy atom. The molecule has 1 aromatic carbocycles. The molecule has 2 aromatic heterocycles. The first-order chi connectivity index (χ1) is 11.3. The van der Waals surface area contributed by atoms with Crippen LogP contribution < -0.4 is 9.47 Å². The molecule has 0 saturated carbocycles. The van der Waals surface area contributed by atoms with Crippen molar-refractivity contribution in [3.8, 4) is 28.4 Å². The van der Waals surface area contributed by atoms with Gasteiger partial charge < -0.3 is 9.47 Å². The highest BCUT2D eigenvalue weighted by atomic mass is 16.5. The molecule has 0 saturated heterocycles. The largest absolute Gasteiger partial charge is 0.493 e. The number of methoxy groups -OCH3 is 2. The van der Waals surface area contributed by atoms with Crippen molar-refractivity contribution in [2.24, 2.45) is 0 Å². The van der Waals surface area contributed by atoms with Gasteiger partial charge in [0, 0.05) is 24.0 Å². The van der Waals surface area contributed by atoms with Crippen LogP contribution in [0.15, 0.2) is 42.7 Å². The molecule has 7 heteroatoms. The minimum atomic E-state index is 0.243. The summed E-state index contributed by atoms with van der Waals surface area (Å²) in [6, 6.07) is 8.97. The predicted octanol–water partition coefficient (Wildman–Crippen LogP) is 2.16. The van der Waals surface area contributed by atoms with Gasteiger partial charge in [0.05, 0.1) is 19.9 Å². The first kappa shape index (κ1) is 14.7. The molecule has 0 spiro atoms. The molecule has 3 rings (SSSR count). The van der Waals surface area contributed by atoms with Gasteiger partial charge in [0.2, 0.25) is 0 Å². The van der Waals surface area contributed by atoms with Gasteiger partial charge >= 0.3 is 0 Å². The maximum atomic E-state index is 11.3. The number of nitrogens with zero attached hydrogens (tertiary/aromatic N) is 4. The topological polar surface area (TPSA) is 79.1 Å². The predicted molar refractivity (Wildman–Crippen MR) is 83.1 cm³/mol. The van der Waals surface area contributed by atoms with Gasteiger partial charge in [0.15, 0.2) is 23.5 Å². The summed E-state index contributed by atoms with van der Waals surface area (Å²) in [7, 11) is 3.13. The molecule has 0 bridgehead atoms. The first-order valence-corrected chi connectivity index (χ1v) is 6.82. The minimum Gasteiger partial charge on any atom is -0.493 e. The molecule has 7 nitrogen and oxygen atoms in total. The maximum absolute atomic E-state index is 11.3. The number of rotatable bonds is 5. The van der Waals surface area contributed by atoms with E-state index in [0.717, 1.165) is 5.56 Å². The molecule has 0 aliphatic carbocycles. The van der Waals surface area contributed by atoms with E-state index < -0.39 is 0 Å². The van der Waals surface area contributed by atoms with E-state index >= 15 is 0 Å². The fourth-order valence-corrected chi connectivity index (χ4v) is 2.28. The van der Waals surface area contributed by atoms with E-state index in [4.69, 9.17) is 9.47 Å². The van der Waals surface area contributed by atoms with Crippen LogP contribution in [0.2, 0.25) is 0 Å². The second-order valence-electron chi connectivity index (χ2n) is 4.63. The lowest BCUT2D eigenvalue weighted by molar-refractivity contribution is 0.111. The SMILES string of the molecule is COc1ccc(-n2nnc(C=O)c2-c2cccnc2)cc1OC. The molecular formula is C16H14N4O3. The fraction of sp³-hybridized carbons (Fsp3) is 0.125. The number of carbonyl (C=O) groups excluding carboxylic acids is 1. The van der Waals surface area contributed by atoms with Crippen molar-refractivity contribution < 1.29 is 14.3 Å². The summed E-state index contributed by atoms with van der Waals surface area (Å²) in [6.07, 6.45) is 3.99. The lowest BCUT2D eigenvalue weighted by atomic mass is 10.1. The van der Waals surface area contributed by atoms with Crippen LogP contribution in [0, 0.1) is 0 Å². The number of hydrogen-bond acceptors (Lipinski definition) is 6. The van der Waals surface area contributed by atoms with Crippen LogP contribution in [0.5, 0.6) is 11.5 Å². The summed E-state index contributed by atoms with van der Waals surface area (Å²) < 4.78 is 12.1. The zero-order chi connectivity index (χ0) is 16.2. The average molecular weight is 310 g/mol. The lowest BCUT2D eigenvalue weighted by Crippen LogP contribution is -2.01. The van der Waals surface area contributed by atoms with Crippen molar-refractivity contribution in [3.05, 3.63) is 48.4 Å². The molecular weight excluding hydrogens is 296 g/mol. The molecule has 2 heterocycles. The first-order valence-electron chi connectivity index (χ1n) is 6.82. The zero-order valence-corrected chi connectivity index (χ0v) is 12.6. The summed E-state index contributed by atoms with van der Waals surface area (Å²) in [5.74, 6) is 1.17. The highest BCUT2D eigenvalue weighted by Crippen LogP contribution is 2.31. The molecule has 0 aliphatic heterocycles. The van der Waals surface area contributed by atoms with Gasteiger partial charge in [0.1, 0.15) is 5.69 Å². The van der Waals surface area contributed by atoms with E-state index in [2.05, 4.69) is 15.3 Å². The molecule has 3 aromatic rings. The van der Waals surface area contributed by atoms with Gasteiger partial charge in [-0.3, -0.25) is 9.78 Å². The summed E-state index contributed by atoms with van der Waals surface area (Å²) in [5, 5.41) is 8.01. The van der Waals surface area contributed by atoms with Crippen LogP contribution in [0.3, 0.4) is 0 Å². The number of carbonyl (C=O) groups is 1. The Bertz CT molecular complexity index is 831. The number of ether oxygens (including phenoxy) is 2. The Kier molecular flexibility index (Phi) is 4.01. The summed E-state index contributed by atoms with van der Waals surface area (Å²) in [6.45, 7) is 0. The highest BCUT2D eigenvalue weighted by Gasteiger charge is 2.17. The summed E-state index contributed by atoms with van der Waals surface area (Å²) in [4.78, 5) is 15.4. The Morgan fingerprint density at radius 1 is 1.13 bits per heavy atom. The van der Waals surface area contributed by atoms with E-state index in [-0.39, 0.29) is 5.69 Å². The molecule has 0 aliphatic rings.